The molecule has 1 N–H and O–H groups in total. The monoisotopic (exact) mass is 546 g/mol. The number of halogens is 5. The fraction of sp³-hybridized carbons (Fsp3) is 0.650. The van der Waals surface area contributed by atoms with Gasteiger partial charge in [-0.1, -0.05) is 13.0 Å². The topological polar surface area (TPSA) is 40.1 Å². The third-order valence-electron chi connectivity index (χ3n) is 4.91. The maximum Gasteiger partial charge on any atom is 0.401 e. The number of likely N-dealkylation sites (tertiary alicyclic amines) is 1. The Morgan fingerprint density at radius 1 is 1.33 bits per heavy atom. The standard InChI is InChI=1S/C20H30F4N4O.HI/c1-4-27(14-20(22,23)24)12-16-8-9-28(13-16)19(25-3)26-11-15-6-7-18(29-5-2)17(21)10-15;/h6-7,10,16H,4-5,8-9,11-14H2,1-3H3,(H,25,26);1H. The molecule has 10 heteroatoms. The molecule has 1 atom stereocenters. The van der Waals surface area contributed by atoms with Crippen LogP contribution in [0.1, 0.15) is 25.8 Å². The number of nitrogens with one attached hydrogen (secondary N) is 1. The zero-order chi connectivity index (χ0) is 21.4. The number of nitrogens with zero attached hydrogens (tertiary/aromatic N) is 3. The van der Waals surface area contributed by atoms with Crippen LogP contribution in [0.3, 0.4) is 0 Å². The minimum atomic E-state index is -4.18. The quantitative estimate of drug-likeness (QED) is 0.231. The van der Waals surface area contributed by atoms with Gasteiger partial charge in [-0.05, 0) is 43.5 Å². The number of alkyl halides is 3. The molecule has 5 nitrogen and oxygen atoms in total. The number of hydrogen-bond acceptors (Lipinski definition) is 3. The molecular formula is C20H31F4IN4O. The lowest BCUT2D eigenvalue weighted by Crippen LogP contribution is -2.41. The maximum atomic E-state index is 14.0. The van der Waals surface area contributed by atoms with Crippen LogP contribution in [0.15, 0.2) is 23.2 Å². The number of aliphatic imine (C=N–C) groups is 1. The van der Waals surface area contributed by atoms with Gasteiger partial charge in [0.15, 0.2) is 17.5 Å². The Kier molecular flexibility index (Phi) is 11.2. The summed E-state index contributed by atoms with van der Waals surface area (Å²) in [5.74, 6) is 0.633. The van der Waals surface area contributed by atoms with Crippen molar-refractivity contribution in [1.82, 2.24) is 15.1 Å². The van der Waals surface area contributed by atoms with E-state index in [2.05, 4.69) is 10.3 Å². The van der Waals surface area contributed by atoms with Gasteiger partial charge in [0, 0.05) is 33.2 Å². The van der Waals surface area contributed by atoms with E-state index in [1.807, 2.05) is 4.90 Å². The highest BCUT2D eigenvalue weighted by Gasteiger charge is 2.33. The molecule has 1 aromatic carbocycles. The van der Waals surface area contributed by atoms with Crippen molar-refractivity contribution in [3.63, 3.8) is 0 Å². The molecule has 1 aliphatic heterocycles. The molecule has 0 aliphatic carbocycles. The highest BCUT2D eigenvalue weighted by atomic mass is 127. The number of hydrogen-bond donors (Lipinski definition) is 1. The van der Waals surface area contributed by atoms with Gasteiger partial charge in [-0.3, -0.25) is 9.89 Å². The summed E-state index contributed by atoms with van der Waals surface area (Å²) in [7, 11) is 1.66. The molecule has 1 fully saturated rings. The minimum Gasteiger partial charge on any atom is -0.491 e. The molecule has 1 aromatic rings. The van der Waals surface area contributed by atoms with E-state index < -0.39 is 18.5 Å². The molecule has 2 rings (SSSR count). The lowest BCUT2D eigenvalue weighted by Gasteiger charge is -2.26. The van der Waals surface area contributed by atoms with Gasteiger partial charge >= 0.3 is 6.18 Å². The van der Waals surface area contributed by atoms with Crippen LogP contribution in [0.4, 0.5) is 17.6 Å². The molecule has 0 amide bonds. The second-order valence-electron chi connectivity index (χ2n) is 7.14. The summed E-state index contributed by atoms with van der Waals surface area (Å²) in [5, 5.41) is 3.21. The zero-order valence-electron chi connectivity index (χ0n) is 17.6. The van der Waals surface area contributed by atoms with E-state index in [0.29, 0.717) is 38.7 Å². The summed E-state index contributed by atoms with van der Waals surface area (Å²) in [4.78, 5) is 7.74. The van der Waals surface area contributed by atoms with Gasteiger partial charge in [-0.2, -0.15) is 13.2 Å². The lowest BCUT2D eigenvalue weighted by atomic mass is 10.1. The summed E-state index contributed by atoms with van der Waals surface area (Å²) in [6.07, 6.45) is -3.37. The second kappa shape index (κ2) is 12.5. The molecule has 1 unspecified atom stereocenters. The fourth-order valence-electron chi connectivity index (χ4n) is 3.54. The molecule has 0 radical (unpaired) electrons. The first-order chi connectivity index (χ1) is 13.8. The molecule has 0 aromatic heterocycles. The highest BCUT2D eigenvalue weighted by molar-refractivity contribution is 14.0. The molecule has 1 aliphatic rings. The Hall–Kier alpha value is -1.30. The minimum absolute atomic E-state index is 0. The van der Waals surface area contributed by atoms with Crippen molar-refractivity contribution in [3.8, 4) is 5.75 Å². The van der Waals surface area contributed by atoms with Crippen molar-refractivity contribution in [3.05, 3.63) is 29.6 Å². The Balaban J connectivity index is 0.00000450. The van der Waals surface area contributed by atoms with Crippen LogP contribution in [-0.4, -0.2) is 68.3 Å². The maximum absolute atomic E-state index is 14.0. The number of benzene rings is 1. The molecular weight excluding hydrogens is 515 g/mol. The summed E-state index contributed by atoms with van der Waals surface area (Å²) >= 11 is 0. The van der Waals surface area contributed by atoms with Crippen molar-refractivity contribution in [2.45, 2.75) is 33.0 Å². The Labute approximate surface area is 192 Å². The average molecular weight is 546 g/mol. The Morgan fingerprint density at radius 3 is 2.63 bits per heavy atom. The zero-order valence-corrected chi connectivity index (χ0v) is 20.0. The molecule has 1 saturated heterocycles. The van der Waals surface area contributed by atoms with E-state index >= 15 is 0 Å². The van der Waals surface area contributed by atoms with Crippen molar-refractivity contribution in [1.29, 1.82) is 0 Å². The molecule has 0 bridgehead atoms. The first-order valence-corrected chi connectivity index (χ1v) is 9.91. The summed E-state index contributed by atoms with van der Waals surface area (Å²) < 4.78 is 57.2. The van der Waals surface area contributed by atoms with Gasteiger partial charge in [-0.25, -0.2) is 4.39 Å². The predicted molar refractivity (Wildman–Crippen MR) is 121 cm³/mol. The molecule has 1 heterocycles. The van der Waals surface area contributed by atoms with Crippen LogP contribution >= 0.6 is 24.0 Å². The van der Waals surface area contributed by atoms with Crippen LogP contribution in [0.2, 0.25) is 0 Å². The van der Waals surface area contributed by atoms with Crippen molar-refractivity contribution in [2.24, 2.45) is 10.9 Å². The third-order valence-corrected chi connectivity index (χ3v) is 4.91. The second-order valence-corrected chi connectivity index (χ2v) is 7.14. The summed E-state index contributed by atoms with van der Waals surface area (Å²) in [5.41, 5.74) is 0.755. The van der Waals surface area contributed by atoms with E-state index in [4.69, 9.17) is 4.74 Å². The van der Waals surface area contributed by atoms with E-state index in [0.717, 1.165) is 18.5 Å². The number of rotatable bonds is 8. The van der Waals surface area contributed by atoms with Crippen LogP contribution in [0.25, 0.3) is 0 Å². The van der Waals surface area contributed by atoms with Crippen LogP contribution < -0.4 is 10.1 Å². The summed E-state index contributed by atoms with van der Waals surface area (Å²) in [6.45, 7) is 5.61. The Morgan fingerprint density at radius 2 is 2.07 bits per heavy atom. The van der Waals surface area contributed by atoms with E-state index in [1.165, 1.54) is 11.0 Å². The average Bonchev–Trinajstić information content (AvgIpc) is 3.11. The van der Waals surface area contributed by atoms with Crippen LogP contribution in [-0.2, 0) is 6.54 Å². The first kappa shape index (κ1) is 26.7. The number of ether oxygens (including phenoxy) is 1. The Bertz CT molecular complexity index is 687. The van der Waals surface area contributed by atoms with Crippen LogP contribution in [0.5, 0.6) is 5.75 Å². The fourth-order valence-corrected chi connectivity index (χ4v) is 3.54. The van der Waals surface area contributed by atoms with Crippen molar-refractivity contribution < 1.29 is 22.3 Å². The largest absolute Gasteiger partial charge is 0.491 e. The molecule has 0 spiro atoms. The lowest BCUT2D eigenvalue weighted by molar-refractivity contribution is -0.146. The van der Waals surface area contributed by atoms with Gasteiger partial charge in [0.2, 0.25) is 0 Å². The first-order valence-electron chi connectivity index (χ1n) is 9.91. The van der Waals surface area contributed by atoms with E-state index in [-0.39, 0.29) is 35.6 Å². The van der Waals surface area contributed by atoms with Gasteiger partial charge in [0.1, 0.15) is 0 Å². The molecule has 30 heavy (non-hydrogen) atoms. The molecule has 0 saturated carbocycles. The van der Waals surface area contributed by atoms with Gasteiger partial charge in [-0.15, -0.1) is 24.0 Å². The predicted octanol–water partition coefficient (Wildman–Crippen LogP) is 4.12. The summed E-state index contributed by atoms with van der Waals surface area (Å²) in [6, 6.07) is 4.82. The van der Waals surface area contributed by atoms with E-state index in [9.17, 15) is 17.6 Å². The van der Waals surface area contributed by atoms with Crippen molar-refractivity contribution >= 4 is 29.9 Å². The number of guanidine groups is 1. The smallest absolute Gasteiger partial charge is 0.401 e. The SMILES string of the molecule is CCOc1ccc(CNC(=NC)N2CCC(CN(CC)CC(F)(F)F)C2)cc1F.I. The van der Waals surface area contributed by atoms with Gasteiger partial charge in [0.25, 0.3) is 0 Å². The molecule has 172 valence electrons. The van der Waals surface area contributed by atoms with Crippen LogP contribution in [0, 0.1) is 11.7 Å². The van der Waals surface area contributed by atoms with Gasteiger partial charge in [0.05, 0.1) is 13.2 Å². The van der Waals surface area contributed by atoms with Crippen molar-refractivity contribution in [2.75, 3.05) is 46.4 Å². The van der Waals surface area contributed by atoms with Gasteiger partial charge < -0.3 is 15.0 Å². The van der Waals surface area contributed by atoms with E-state index in [1.54, 1.807) is 33.0 Å². The third kappa shape index (κ3) is 8.44. The highest BCUT2D eigenvalue weighted by Crippen LogP contribution is 2.22. The normalized spacial score (nSPS) is 17.3.